The molecule has 104 valence electrons. The van der Waals surface area contributed by atoms with E-state index in [4.69, 9.17) is 5.73 Å². The minimum absolute atomic E-state index is 0.00981. The summed E-state index contributed by atoms with van der Waals surface area (Å²) in [5.74, 6) is 0. The molecule has 1 unspecified atom stereocenters. The first kappa shape index (κ1) is 13.9. The number of nitrogens with two attached hydrogens (primary N) is 1. The van der Waals surface area contributed by atoms with Crippen LogP contribution in [-0.2, 0) is 5.41 Å². The lowest BCUT2D eigenvalue weighted by Crippen LogP contribution is -2.32. The number of hydrogen-bond donors (Lipinski definition) is 1. The molecule has 19 heavy (non-hydrogen) atoms. The van der Waals surface area contributed by atoms with Gasteiger partial charge in [-0.05, 0) is 12.1 Å². The van der Waals surface area contributed by atoms with Crippen molar-refractivity contribution in [1.29, 1.82) is 0 Å². The van der Waals surface area contributed by atoms with Crippen molar-refractivity contribution in [1.82, 2.24) is 9.38 Å². The zero-order valence-corrected chi connectivity index (χ0v) is 11.0. The lowest BCUT2D eigenvalue weighted by atomic mass is 9.89. The highest BCUT2D eigenvalue weighted by Crippen LogP contribution is 2.36. The van der Waals surface area contributed by atoms with Crippen LogP contribution < -0.4 is 5.73 Å². The van der Waals surface area contributed by atoms with E-state index in [1.165, 1.54) is 4.40 Å². The maximum absolute atomic E-state index is 12.9. The van der Waals surface area contributed by atoms with E-state index < -0.39 is 17.6 Å². The van der Waals surface area contributed by atoms with Gasteiger partial charge in [-0.25, -0.2) is 4.98 Å². The molecule has 2 heterocycles. The largest absolute Gasteiger partial charge is 0.409 e. The lowest BCUT2D eigenvalue weighted by Gasteiger charge is -2.22. The zero-order chi connectivity index (χ0) is 14.4. The molecule has 0 aliphatic rings. The highest BCUT2D eigenvalue weighted by atomic mass is 19.4. The van der Waals surface area contributed by atoms with Crippen LogP contribution in [-0.4, -0.2) is 15.6 Å². The summed E-state index contributed by atoms with van der Waals surface area (Å²) in [5, 5.41) is 0. The molecule has 3 nitrogen and oxygen atoms in total. The van der Waals surface area contributed by atoms with E-state index in [0.29, 0.717) is 11.3 Å². The van der Waals surface area contributed by atoms with Crippen molar-refractivity contribution in [3.05, 3.63) is 35.8 Å². The van der Waals surface area contributed by atoms with Crippen LogP contribution >= 0.6 is 0 Å². The number of rotatable bonds is 1. The average molecular weight is 271 g/mol. The third-order valence-electron chi connectivity index (χ3n) is 2.92. The van der Waals surface area contributed by atoms with Crippen LogP contribution in [0, 0.1) is 0 Å². The Morgan fingerprint density at radius 3 is 2.37 bits per heavy atom. The normalized spacial score (nSPS) is 14.9. The number of fused-ring (bicyclic) bond motifs is 1. The minimum Gasteiger partial charge on any atom is -0.315 e. The van der Waals surface area contributed by atoms with E-state index in [2.05, 4.69) is 4.98 Å². The second kappa shape index (κ2) is 4.23. The predicted octanol–water partition coefficient (Wildman–Crippen LogP) is 3.19. The van der Waals surface area contributed by atoms with E-state index in [-0.39, 0.29) is 5.69 Å². The van der Waals surface area contributed by atoms with Gasteiger partial charge in [0.05, 0.1) is 11.4 Å². The van der Waals surface area contributed by atoms with Crippen molar-refractivity contribution in [2.75, 3.05) is 0 Å². The Balaban J connectivity index is 2.75. The molecule has 6 heteroatoms. The topological polar surface area (TPSA) is 43.3 Å². The molecule has 0 saturated heterocycles. The highest BCUT2D eigenvalue weighted by Gasteiger charge is 2.42. The first-order valence-corrected chi connectivity index (χ1v) is 5.92. The van der Waals surface area contributed by atoms with Gasteiger partial charge in [-0.1, -0.05) is 26.8 Å². The zero-order valence-electron chi connectivity index (χ0n) is 11.0. The number of nitrogens with zero attached hydrogens (tertiary/aromatic N) is 2. The number of hydrogen-bond acceptors (Lipinski definition) is 2. The van der Waals surface area contributed by atoms with Crippen LogP contribution in [0.2, 0.25) is 0 Å². The first-order chi connectivity index (χ1) is 8.62. The van der Waals surface area contributed by atoms with Crippen molar-refractivity contribution in [3.8, 4) is 0 Å². The molecule has 2 aromatic heterocycles. The Hall–Kier alpha value is -1.56. The number of imidazole rings is 1. The maximum Gasteiger partial charge on any atom is 0.409 e. The third kappa shape index (κ3) is 2.45. The molecule has 2 N–H and O–H groups in total. The van der Waals surface area contributed by atoms with Crippen molar-refractivity contribution in [3.63, 3.8) is 0 Å². The highest BCUT2D eigenvalue weighted by molar-refractivity contribution is 5.46. The minimum atomic E-state index is -4.49. The van der Waals surface area contributed by atoms with Crippen LogP contribution in [0.1, 0.15) is 38.2 Å². The Kier molecular flexibility index (Phi) is 3.09. The summed E-state index contributed by atoms with van der Waals surface area (Å²) in [7, 11) is 0. The summed E-state index contributed by atoms with van der Waals surface area (Å²) in [6.07, 6.45) is -2.94. The first-order valence-electron chi connectivity index (χ1n) is 5.92. The Bertz CT molecular complexity index is 593. The maximum atomic E-state index is 12.9. The van der Waals surface area contributed by atoms with Crippen molar-refractivity contribution < 1.29 is 13.2 Å². The number of halogens is 3. The standard InChI is InChI=1S/C13H16F3N3/c1-12(2,3)11-9(10(17)13(14,15)16)19-7-5-4-6-8(19)18-11/h4-7,10H,17H2,1-3H3. The number of alkyl halides is 3. The molecule has 0 amide bonds. The average Bonchev–Trinajstić information content (AvgIpc) is 2.65. The van der Waals surface area contributed by atoms with Crippen LogP contribution in [0.3, 0.4) is 0 Å². The van der Waals surface area contributed by atoms with E-state index in [1.54, 1.807) is 24.4 Å². The molecule has 0 saturated carbocycles. The molecule has 0 radical (unpaired) electrons. The molecule has 2 aromatic rings. The Morgan fingerprint density at radius 2 is 1.84 bits per heavy atom. The summed E-state index contributed by atoms with van der Waals surface area (Å²) < 4.78 is 40.2. The summed E-state index contributed by atoms with van der Waals surface area (Å²) in [6.45, 7) is 5.46. The molecule has 0 fully saturated rings. The van der Waals surface area contributed by atoms with Gasteiger partial charge in [0, 0.05) is 11.6 Å². The van der Waals surface area contributed by atoms with Gasteiger partial charge >= 0.3 is 6.18 Å². The number of aromatic nitrogens is 2. The summed E-state index contributed by atoms with van der Waals surface area (Å²) in [6, 6.07) is 3.02. The van der Waals surface area contributed by atoms with Crippen molar-refractivity contribution >= 4 is 5.65 Å². The molecule has 0 bridgehead atoms. The summed E-state index contributed by atoms with van der Waals surface area (Å²) in [4.78, 5) is 4.30. The fourth-order valence-electron chi connectivity index (χ4n) is 2.02. The Morgan fingerprint density at radius 1 is 1.21 bits per heavy atom. The summed E-state index contributed by atoms with van der Waals surface area (Å²) >= 11 is 0. The van der Waals surface area contributed by atoms with Gasteiger partial charge in [0.1, 0.15) is 11.7 Å². The molecule has 0 spiro atoms. The van der Waals surface area contributed by atoms with E-state index in [1.807, 2.05) is 20.8 Å². The smallest absolute Gasteiger partial charge is 0.315 e. The molecule has 0 aliphatic carbocycles. The lowest BCUT2D eigenvalue weighted by molar-refractivity contribution is -0.150. The van der Waals surface area contributed by atoms with Crippen molar-refractivity contribution in [2.45, 2.75) is 38.4 Å². The van der Waals surface area contributed by atoms with Gasteiger partial charge in [-0.2, -0.15) is 13.2 Å². The monoisotopic (exact) mass is 271 g/mol. The van der Waals surface area contributed by atoms with Gasteiger partial charge in [0.2, 0.25) is 0 Å². The van der Waals surface area contributed by atoms with Gasteiger partial charge in [0.15, 0.2) is 0 Å². The molecular formula is C13H16F3N3. The second-order valence-electron chi connectivity index (χ2n) is 5.54. The van der Waals surface area contributed by atoms with Gasteiger partial charge in [-0.15, -0.1) is 0 Å². The molecular weight excluding hydrogens is 255 g/mol. The fraction of sp³-hybridized carbons (Fsp3) is 0.462. The fourth-order valence-corrected chi connectivity index (χ4v) is 2.02. The van der Waals surface area contributed by atoms with E-state index in [9.17, 15) is 13.2 Å². The molecule has 2 rings (SSSR count). The predicted molar refractivity (Wildman–Crippen MR) is 66.9 cm³/mol. The SMILES string of the molecule is CC(C)(C)c1nc2ccccn2c1C(N)C(F)(F)F. The van der Waals surface area contributed by atoms with Crippen LogP contribution in [0.15, 0.2) is 24.4 Å². The third-order valence-corrected chi connectivity index (χ3v) is 2.92. The van der Waals surface area contributed by atoms with Gasteiger partial charge < -0.3 is 10.1 Å². The van der Waals surface area contributed by atoms with Crippen LogP contribution in [0.5, 0.6) is 0 Å². The molecule has 1 atom stereocenters. The quantitative estimate of drug-likeness (QED) is 0.865. The summed E-state index contributed by atoms with van der Waals surface area (Å²) in [5.41, 5.74) is 5.75. The van der Waals surface area contributed by atoms with Gasteiger partial charge in [-0.3, -0.25) is 0 Å². The van der Waals surface area contributed by atoms with Crippen molar-refractivity contribution in [2.24, 2.45) is 5.73 Å². The molecule has 0 aliphatic heterocycles. The number of pyridine rings is 1. The van der Waals surface area contributed by atoms with Crippen LogP contribution in [0.4, 0.5) is 13.2 Å². The Labute approximate surface area is 109 Å². The van der Waals surface area contributed by atoms with E-state index >= 15 is 0 Å². The van der Waals surface area contributed by atoms with E-state index in [0.717, 1.165) is 0 Å². The second-order valence-corrected chi connectivity index (χ2v) is 5.54. The molecule has 0 aromatic carbocycles. The van der Waals surface area contributed by atoms with Gasteiger partial charge in [0.25, 0.3) is 0 Å². The van der Waals surface area contributed by atoms with Crippen LogP contribution in [0.25, 0.3) is 5.65 Å².